The van der Waals surface area contributed by atoms with Crippen LogP contribution in [0.4, 0.5) is 0 Å². The summed E-state index contributed by atoms with van der Waals surface area (Å²) >= 11 is 6.10. The van der Waals surface area contributed by atoms with E-state index in [1.54, 1.807) is 38.1 Å². The molecule has 16 nitrogen and oxygen atoms in total. The number of aromatic amines is 1. The summed E-state index contributed by atoms with van der Waals surface area (Å²) < 4.78 is 48.5. The molecule has 0 aliphatic carbocycles. The van der Waals surface area contributed by atoms with Crippen molar-refractivity contribution < 1.29 is 41.9 Å². The van der Waals surface area contributed by atoms with Crippen LogP contribution in [0.25, 0.3) is 10.4 Å². The number of H-pyrrole nitrogens is 1. The van der Waals surface area contributed by atoms with Gasteiger partial charge in [0.05, 0.1) is 19.3 Å². The number of halogens is 1. The van der Waals surface area contributed by atoms with Crippen LogP contribution in [0, 0.1) is 0 Å². The second-order valence-electron chi connectivity index (χ2n) is 9.92. The number of rotatable bonds is 12. The molecule has 4 rings (SSSR count). The lowest BCUT2D eigenvalue weighted by Gasteiger charge is -2.33. The van der Waals surface area contributed by atoms with Crippen molar-refractivity contribution in [2.45, 2.75) is 76.2 Å². The van der Waals surface area contributed by atoms with Gasteiger partial charge in [-0.3, -0.25) is 37.5 Å². The molecule has 0 bridgehead atoms. The highest BCUT2D eigenvalue weighted by Crippen LogP contribution is 2.58. The van der Waals surface area contributed by atoms with Crippen molar-refractivity contribution in [2.75, 3.05) is 13.2 Å². The quantitative estimate of drug-likeness (QED) is 0.111. The molecule has 3 heterocycles. The molecule has 0 amide bonds. The zero-order chi connectivity index (χ0) is 31.9. The van der Waals surface area contributed by atoms with Gasteiger partial charge in [0.15, 0.2) is 18.4 Å². The fourth-order valence-electron chi connectivity index (χ4n) is 4.68. The Labute approximate surface area is 255 Å². The highest BCUT2D eigenvalue weighted by atomic mass is 35.5. The van der Waals surface area contributed by atoms with E-state index >= 15 is 0 Å². The topological polar surface area (TPSA) is 210 Å². The summed E-state index contributed by atoms with van der Waals surface area (Å²) in [5.41, 5.74) is 6.14. The molecule has 44 heavy (non-hydrogen) atoms. The maximum absolute atomic E-state index is 13.6. The van der Waals surface area contributed by atoms with Crippen molar-refractivity contribution in [3.8, 4) is 0 Å². The number of esters is 2. The number of nitrogens with one attached hydrogen (secondary N) is 1. The Balaban J connectivity index is 1.73. The number of ether oxygens (including phenoxy) is 3. The number of benzene rings is 1. The molecular weight excluding hydrogens is 625 g/mol. The van der Waals surface area contributed by atoms with Gasteiger partial charge in [-0.05, 0) is 36.1 Å². The van der Waals surface area contributed by atoms with Crippen LogP contribution < -0.4 is 11.2 Å². The maximum atomic E-state index is 13.6. The zero-order valence-electron chi connectivity index (χ0n) is 23.8. The molecule has 238 valence electrons. The predicted molar refractivity (Wildman–Crippen MR) is 152 cm³/mol. The minimum Gasteiger partial charge on any atom is -0.455 e. The smallest absolute Gasteiger partial charge is 0.455 e. The van der Waals surface area contributed by atoms with Crippen molar-refractivity contribution >= 4 is 31.4 Å². The Bertz CT molecular complexity index is 1580. The number of phosphoric acid groups is 1. The van der Waals surface area contributed by atoms with Crippen molar-refractivity contribution in [1.29, 1.82) is 0 Å². The predicted octanol–water partition coefficient (Wildman–Crippen LogP) is 4.45. The lowest BCUT2D eigenvalue weighted by atomic mass is 10.0. The molecule has 6 atom stereocenters. The summed E-state index contributed by atoms with van der Waals surface area (Å²) in [5, 5.41) is 4.14. The first-order chi connectivity index (χ1) is 21.0. The normalized spacial score (nSPS) is 28.2. The van der Waals surface area contributed by atoms with Gasteiger partial charge >= 0.3 is 25.5 Å². The minimum absolute atomic E-state index is 0.0363. The summed E-state index contributed by atoms with van der Waals surface area (Å²) in [5.74, 6) is -1.52. The van der Waals surface area contributed by atoms with E-state index < -0.39 is 67.9 Å². The first kappa shape index (κ1) is 33.4. The summed E-state index contributed by atoms with van der Waals surface area (Å²) in [7, 11) is -4.38. The standard InChI is InChI=1S/C26H31ClN5O11P/c1-3-6-20(34)40-22-23(41-21(35)7-4-2)26(30-31-28,42-24(22)32-12-10-19(33)29-25(32)36)15-39-44(37)38-13-11-18(43-44)16-8-5-9-17(27)14-16/h5,8-10,12,14,18,22-24H,3-4,6-7,11,13,15H2,1-2H3,(H,29,33,36)/t18-,22+,23-,24?,26+,44?/m0/s1. The molecule has 2 unspecified atom stereocenters. The van der Waals surface area contributed by atoms with Gasteiger partial charge in [0.25, 0.3) is 5.56 Å². The number of carbonyl (C=O) groups is 2. The largest absolute Gasteiger partial charge is 0.475 e. The first-order valence-corrected chi connectivity index (χ1v) is 15.6. The molecule has 1 aromatic heterocycles. The molecule has 2 saturated heterocycles. The number of phosphoric ester groups is 1. The lowest BCUT2D eigenvalue weighted by Crippen LogP contribution is -2.49. The highest BCUT2D eigenvalue weighted by molar-refractivity contribution is 7.48. The maximum Gasteiger partial charge on any atom is 0.475 e. The molecule has 1 aromatic carbocycles. The summed E-state index contributed by atoms with van der Waals surface area (Å²) in [6.07, 6.45) is -3.59. The second kappa shape index (κ2) is 14.5. The van der Waals surface area contributed by atoms with E-state index in [1.165, 1.54) is 0 Å². The fourth-order valence-corrected chi connectivity index (χ4v) is 6.28. The van der Waals surface area contributed by atoms with Crippen LogP contribution in [0.1, 0.15) is 63.8 Å². The Kier molecular flexibility index (Phi) is 11.0. The zero-order valence-corrected chi connectivity index (χ0v) is 25.5. The van der Waals surface area contributed by atoms with Crippen LogP contribution in [0.15, 0.2) is 51.2 Å². The van der Waals surface area contributed by atoms with Gasteiger partial charge in [-0.15, -0.1) is 0 Å². The third-order valence-electron chi connectivity index (χ3n) is 6.66. The van der Waals surface area contributed by atoms with E-state index in [4.69, 9.17) is 39.4 Å². The molecular formula is C26H31ClN5O11P. The Morgan fingerprint density at radius 3 is 2.59 bits per heavy atom. The van der Waals surface area contributed by atoms with Gasteiger partial charge in [0, 0.05) is 41.5 Å². The Hall–Kier alpha value is -3.49. The average Bonchev–Trinajstić information content (AvgIpc) is 3.24. The first-order valence-electron chi connectivity index (χ1n) is 13.8. The Morgan fingerprint density at radius 2 is 1.93 bits per heavy atom. The van der Waals surface area contributed by atoms with Crippen LogP contribution in [0.3, 0.4) is 0 Å². The van der Waals surface area contributed by atoms with Gasteiger partial charge in [-0.2, -0.15) is 0 Å². The number of nitrogens with zero attached hydrogens (tertiary/aromatic N) is 4. The fraction of sp³-hybridized carbons (Fsp3) is 0.538. The Morgan fingerprint density at radius 1 is 1.20 bits per heavy atom. The van der Waals surface area contributed by atoms with Crippen LogP contribution in [-0.4, -0.2) is 52.6 Å². The van der Waals surface area contributed by atoms with E-state index in [1.807, 2.05) is 0 Å². The molecule has 2 fully saturated rings. The molecule has 1 N–H and O–H groups in total. The van der Waals surface area contributed by atoms with Crippen LogP contribution in [-0.2, 0) is 41.9 Å². The van der Waals surface area contributed by atoms with E-state index in [2.05, 4.69) is 15.0 Å². The SMILES string of the molecule is CCCC(=O)O[C@H]1C(n2ccc(=O)[nH]c2=O)O[C@@](COP2(=O)OCC[C@@H](c3cccc(Cl)c3)O2)(N=[N+]=[N-])[C@H]1OC(=O)CCC. The van der Waals surface area contributed by atoms with E-state index in [9.17, 15) is 29.3 Å². The van der Waals surface area contributed by atoms with Crippen LogP contribution in [0.2, 0.25) is 5.02 Å². The molecule has 2 aliphatic rings. The van der Waals surface area contributed by atoms with Gasteiger partial charge in [-0.1, -0.05) is 42.7 Å². The summed E-state index contributed by atoms with van der Waals surface area (Å²) in [6.45, 7) is 2.52. The third kappa shape index (κ3) is 7.77. The summed E-state index contributed by atoms with van der Waals surface area (Å²) in [4.78, 5) is 54.9. The minimum atomic E-state index is -4.38. The van der Waals surface area contributed by atoms with E-state index in [0.29, 0.717) is 29.8 Å². The van der Waals surface area contributed by atoms with Crippen molar-refractivity contribution in [2.24, 2.45) is 5.11 Å². The van der Waals surface area contributed by atoms with Gasteiger partial charge < -0.3 is 14.2 Å². The van der Waals surface area contributed by atoms with E-state index in [-0.39, 0.29) is 19.4 Å². The third-order valence-corrected chi connectivity index (χ3v) is 8.35. The van der Waals surface area contributed by atoms with Crippen LogP contribution >= 0.6 is 19.4 Å². The van der Waals surface area contributed by atoms with Crippen LogP contribution in [0.5, 0.6) is 0 Å². The van der Waals surface area contributed by atoms with Gasteiger partial charge in [0.1, 0.15) is 0 Å². The van der Waals surface area contributed by atoms with Gasteiger partial charge in [0.2, 0.25) is 5.72 Å². The second-order valence-corrected chi connectivity index (χ2v) is 12.0. The molecule has 2 aromatic rings. The van der Waals surface area contributed by atoms with Crippen molar-refractivity contribution in [1.82, 2.24) is 9.55 Å². The molecule has 0 saturated carbocycles. The van der Waals surface area contributed by atoms with Gasteiger partial charge in [-0.25, -0.2) is 9.36 Å². The average molecular weight is 656 g/mol. The van der Waals surface area contributed by atoms with Crippen molar-refractivity contribution in [3.63, 3.8) is 0 Å². The molecule has 0 spiro atoms. The molecule has 18 heteroatoms. The monoisotopic (exact) mass is 655 g/mol. The summed E-state index contributed by atoms with van der Waals surface area (Å²) in [6, 6.07) is 7.72. The van der Waals surface area contributed by atoms with E-state index in [0.717, 1.165) is 16.8 Å². The number of hydrogen-bond donors (Lipinski definition) is 1. The molecule has 0 radical (unpaired) electrons. The number of carbonyl (C=O) groups excluding carboxylic acids is 2. The number of aromatic nitrogens is 2. The lowest BCUT2D eigenvalue weighted by molar-refractivity contribution is -0.173. The number of azide groups is 1. The van der Waals surface area contributed by atoms with Crippen molar-refractivity contribution in [3.05, 3.63) is 78.4 Å². The number of hydrogen-bond acceptors (Lipinski definition) is 12. The molecule has 2 aliphatic heterocycles. The highest BCUT2D eigenvalue weighted by Gasteiger charge is 2.61.